The van der Waals surface area contributed by atoms with Gasteiger partial charge in [0.25, 0.3) is 11.5 Å². The first-order chi connectivity index (χ1) is 14.9. The lowest BCUT2D eigenvalue weighted by Gasteiger charge is -2.08. The number of amides is 1. The predicted octanol–water partition coefficient (Wildman–Crippen LogP) is 4.33. The molecule has 0 radical (unpaired) electrons. The third-order valence-corrected chi connectivity index (χ3v) is 5.61. The number of benzene rings is 2. The number of ether oxygens (including phenoxy) is 1. The maximum absolute atomic E-state index is 12.3. The molecule has 0 aliphatic rings. The van der Waals surface area contributed by atoms with Crippen molar-refractivity contribution in [2.45, 2.75) is 13.5 Å². The van der Waals surface area contributed by atoms with Crippen LogP contribution >= 0.6 is 22.9 Å². The fourth-order valence-corrected chi connectivity index (χ4v) is 3.96. The van der Waals surface area contributed by atoms with Gasteiger partial charge in [-0.15, -0.1) is 11.3 Å². The fraction of sp³-hybridized carbons (Fsp3) is 0.0909. The number of anilines is 1. The first-order valence-electron chi connectivity index (χ1n) is 9.22. The summed E-state index contributed by atoms with van der Waals surface area (Å²) in [5, 5.41) is 3.08. The highest BCUT2D eigenvalue weighted by Crippen LogP contribution is 2.18. The number of fused-ring (bicyclic) bond motifs is 1. The minimum absolute atomic E-state index is 0.119. The second-order valence-corrected chi connectivity index (χ2v) is 8.29. The van der Waals surface area contributed by atoms with Gasteiger partial charge in [0.1, 0.15) is 6.61 Å². The van der Waals surface area contributed by atoms with Gasteiger partial charge in [0.05, 0.1) is 21.8 Å². The number of rotatable bonds is 5. The molecular formula is C22H16ClN3O4S. The van der Waals surface area contributed by atoms with Crippen molar-refractivity contribution in [2.75, 3.05) is 5.32 Å². The SMILES string of the molecule is Cc1cn2c(=O)cc(COC(=O)c3ccc(NC(=O)c4ccccc4Cl)cc3)nc2s1. The molecule has 2 aromatic carbocycles. The van der Waals surface area contributed by atoms with Crippen molar-refractivity contribution in [3.63, 3.8) is 0 Å². The van der Waals surface area contributed by atoms with Crippen molar-refractivity contribution in [3.8, 4) is 0 Å². The number of aryl methyl sites for hydroxylation is 1. The highest BCUT2D eigenvalue weighted by atomic mass is 35.5. The van der Waals surface area contributed by atoms with Crippen LogP contribution in [-0.2, 0) is 11.3 Å². The van der Waals surface area contributed by atoms with E-state index in [0.29, 0.717) is 32.5 Å². The van der Waals surface area contributed by atoms with Crippen molar-refractivity contribution in [1.82, 2.24) is 9.38 Å². The van der Waals surface area contributed by atoms with Crippen molar-refractivity contribution in [3.05, 3.63) is 97.9 Å². The zero-order valence-corrected chi connectivity index (χ0v) is 17.9. The molecule has 0 atom stereocenters. The number of hydrogen-bond donors (Lipinski definition) is 1. The van der Waals surface area contributed by atoms with Crippen LogP contribution in [0.5, 0.6) is 0 Å². The molecule has 0 fully saturated rings. The average Bonchev–Trinajstić information content (AvgIpc) is 3.13. The number of thiazole rings is 1. The number of nitrogens with one attached hydrogen (secondary N) is 1. The molecule has 7 nitrogen and oxygen atoms in total. The quantitative estimate of drug-likeness (QED) is 0.454. The number of esters is 1. The van der Waals surface area contributed by atoms with Crippen LogP contribution in [0.1, 0.15) is 31.3 Å². The van der Waals surface area contributed by atoms with Crippen LogP contribution in [0, 0.1) is 6.92 Å². The molecule has 0 saturated heterocycles. The monoisotopic (exact) mass is 453 g/mol. The van der Waals surface area contributed by atoms with Crippen LogP contribution in [0.25, 0.3) is 4.96 Å². The minimum Gasteiger partial charge on any atom is -0.456 e. The molecule has 0 aliphatic carbocycles. The molecule has 0 bridgehead atoms. The van der Waals surface area contributed by atoms with Crippen LogP contribution in [0.3, 0.4) is 0 Å². The van der Waals surface area contributed by atoms with E-state index in [9.17, 15) is 14.4 Å². The highest BCUT2D eigenvalue weighted by molar-refractivity contribution is 7.16. The number of hydrogen-bond acceptors (Lipinski definition) is 6. The van der Waals surface area contributed by atoms with E-state index in [1.807, 2.05) is 6.92 Å². The zero-order chi connectivity index (χ0) is 22.0. The van der Waals surface area contributed by atoms with Crippen molar-refractivity contribution in [1.29, 1.82) is 0 Å². The summed E-state index contributed by atoms with van der Waals surface area (Å²) in [5.41, 5.74) is 1.33. The Morgan fingerprint density at radius 1 is 1.16 bits per heavy atom. The van der Waals surface area contributed by atoms with Gasteiger partial charge in [0.2, 0.25) is 0 Å². The number of aromatic nitrogens is 2. The van der Waals surface area contributed by atoms with E-state index in [0.717, 1.165) is 4.88 Å². The molecule has 2 heterocycles. The first kappa shape index (κ1) is 20.8. The molecule has 1 amide bonds. The van der Waals surface area contributed by atoms with Gasteiger partial charge in [-0.2, -0.15) is 0 Å². The number of carbonyl (C=O) groups excluding carboxylic acids is 2. The van der Waals surface area contributed by atoms with Crippen LogP contribution in [0.15, 0.2) is 65.6 Å². The Bertz CT molecular complexity index is 1350. The Morgan fingerprint density at radius 3 is 2.65 bits per heavy atom. The summed E-state index contributed by atoms with van der Waals surface area (Å²) in [6.45, 7) is 1.77. The van der Waals surface area contributed by atoms with Gasteiger partial charge in [-0.05, 0) is 43.3 Å². The smallest absolute Gasteiger partial charge is 0.338 e. The minimum atomic E-state index is -0.562. The molecular weight excluding hydrogens is 438 g/mol. The average molecular weight is 454 g/mol. The number of carbonyl (C=O) groups is 2. The molecule has 0 unspecified atom stereocenters. The Balaban J connectivity index is 1.40. The van der Waals surface area contributed by atoms with Crippen molar-refractivity contribution >= 4 is 45.5 Å². The van der Waals surface area contributed by atoms with E-state index in [2.05, 4.69) is 10.3 Å². The van der Waals surface area contributed by atoms with E-state index < -0.39 is 5.97 Å². The van der Waals surface area contributed by atoms with Gasteiger partial charge in [0.15, 0.2) is 4.96 Å². The van der Waals surface area contributed by atoms with E-state index in [1.54, 1.807) is 54.7 Å². The van der Waals surface area contributed by atoms with Crippen molar-refractivity contribution in [2.24, 2.45) is 0 Å². The van der Waals surface area contributed by atoms with Gasteiger partial charge < -0.3 is 10.1 Å². The van der Waals surface area contributed by atoms with Gasteiger partial charge in [-0.25, -0.2) is 9.78 Å². The van der Waals surface area contributed by atoms with E-state index in [1.165, 1.54) is 21.8 Å². The normalized spacial score (nSPS) is 10.8. The zero-order valence-electron chi connectivity index (χ0n) is 16.3. The Morgan fingerprint density at radius 2 is 1.90 bits per heavy atom. The van der Waals surface area contributed by atoms with Gasteiger partial charge in [-0.1, -0.05) is 23.7 Å². The maximum Gasteiger partial charge on any atom is 0.338 e. The summed E-state index contributed by atoms with van der Waals surface area (Å²) in [6.07, 6.45) is 1.72. The van der Waals surface area contributed by atoms with Crippen LogP contribution < -0.4 is 10.9 Å². The Kier molecular flexibility index (Phi) is 5.83. The van der Waals surface area contributed by atoms with E-state index in [4.69, 9.17) is 16.3 Å². The summed E-state index contributed by atoms with van der Waals surface area (Å²) in [5.74, 6) is -0.911. The second kappa shape index (κ2) is 8.71. The summed E-state index contributed by atoms with van der Waals surface area (Å²) < 4.78 is 6.74. The third kappa shape index (κ3) is 4.65. The molecule has 31 heavy (non-hydrogen) atoms. The van der Waals surface area contributed by atoms with Crippen molar-refractivity contribution < 1.29 is 14.3 Å². The summed E-state index contributed by atoms with van der Waals surface area (Å²) in [7, 11) is 0. The predicted molar refractivity (Wildman–Crippen MR) is 119 cm³/mol. The van der Waals surface area contributed by atoms with E-state index in [-0.39, 0.29) is 18.1 Å². The molecule has 4 rings (SSSR count). The summed E-state index contributed by atoms with van der Waals surface area (Å²) in [6, 6.07) is 14.3. The molecule has 0 spiro atoms. The largest absolute Gasteiger partial charge is 0.456 e. The van der Waals surface area contributed by atoms with Crippen LogP contribution in [0.4, 0.5) is 5.69 Å². The third-order valence-electron chi connectivity index (χ3n) is 4.38. The lowest BCUT2D eigenvalue weighted by molar-refractivity contribution is 0.0467. The Labute approximate surface area is 185 Å². The van der Waals surface area contributed by atoms with Crippen LogP contribution in [-0.4, -0.2) is 21.3 Å². The lowest BCUT2D eigenvalue weighted by atomic mass is 10.2. The fourth-order valence-electron chi connectivity index (χ4n) is 2.89. The van der Waals surface area contributed by atoms with Gasteiger partial charge in [0, 0.05) is 22.8 Å². The number of halogens is 1. The number of nitrogens with zero attached hydrogens (tertiary/aromatic N) is 2. The summed E-state index contributed by atoms with van der Waals surface area (Å²) >= 11 is 7.42. The van der Waals surface area contributed by atoms with Crippen LogP contribution in [0.2, 0.25) is 5.02 Å². The standard InChI is InChI=1S/C22H16ClN3O4S/c1-13-11-26-19(27)10-16(25-22(26)31-13)12-30-21(29)14-6-8-15(9-7-14)24-20(28)17-4-2-3-5-18(17)23/h2-11H,12H2,1H3,(H,24,28). The lowest BCUT2D eigenvalue weighted by Crippen LogP contribution is -2.15. The topological polar surface area (TPSA) is 89.8 Å². The molecule has 9 heteroatoms. The second-order valence-electron chi connectivity index (χ2n) is 6.67. The molecule has 0 aliphatic heterocycles. The molecule has 0 saturated carbocycles. The highest BCUT2D eigenvalue weighted by Gasteiger charge is 2.12. The van der Waals surface area contributed by atoms with Gasteiger partial charge in [-0.3, -0.25) is 14.0 Å². The molecule has 4 aromatic rings. The van der Waals surface area contributed by atoms with Gasteiger partial charge >= 0.3 is 5.97 Å². The molecule has 156 valence electrons. The maximum atomic E-state index is 12.3. The molecule has 2 aromatic heterocycles. The molecule has 1 N–H and O–H groups in total. The summed E-state index contributed by atoms with van der Waals surface area (Å²) in [4.78, 5) is 42.6. The Hall–Kier alpha value is -3.49. The first-order valence-corrected chi connectivity index (χ1v) is 10.4. The van der Waals surface area contributed by atoms with E-state index >= 15 is 0 Å².